The lowest BCUT2D eigenvalue weighted by molar-refractivity contribution is -0.162. The Morgan fingerprint density at radius 2 is 1.20 bits per heavy atom. The number of ether oxygens (including phenoxy) is 3. The van der Waals surface area contributed by atoms with Crippen molar-refractivity contribution in [2.45, 2.75) is 50.6 Å². The monoisotopic (exact) mass is 942 g/mol. The Balaban J connectivity index is 0.895. The number of pyridine rings is 2. The van der Waals surface area contributed by atoms with Gasteiger partial charge in [-0.25, -0.2) is 14.0 Å². The summed E-state index contributed by atoms with van der Waals surface area (Å²) in [5, 5.41) is 0.457. The molecule has 4 aromatic carbocycles. The van der Waals surface area contributed by atoms with Crippen molar-refractivity contribution in [3.8, 4) is 34.0 Å². The van der Waals surface area contributed by atoms with Crippen LogP contribution in [0.1, 0.15) is 60.0 Å². The molecule has 0 spiro atoms. The van der Waals surface area contributed by atoms with Crippen LogP contribution in [0, 0.1) is 5.82 Å². The molecule has 13 nitrogen and oxygen atoms in total. The number of hydrogen-bond acceptors (Lipinski definition) is 11. The van der Waals surface area contributed by atoms with Crippen LogP contribution in [-0.2, 0) is 49.7 Å². The molecule has 0 saturated carbocycles. The molecule has 0 radical (unpaired) electrons. The normalized spacial score (nSPS) is 16.4. The van der Waals surface area contributed by atoms with Crippen molar-refractivity contribution >= 4 is 69.0 Å². The first-order valence-electron chi connectivity index (χ1n) is 20.1. The fraction of sp³-hybridized carbons (Fsp3) is 0.217. The number of carbonyl (C=O) groups excluding carboxylic acids is 2. The molecule has 0 aliphatic heterocycles. The van der Waals surface area contributed by atoms with Gasteiger partial charge in [0.25, 0.3) is 0 Å². The predicted octanol–water partition coefficient (Wildman–Crippen LogP) is 9.14. The van der Waals surface area contributed by atoms with Crippen molar-refractivity contribution in [1.29, 1.82) is 0 Å². The van der Waals surface area contributed by atoms with Crippen LogP contribution in [-0.4, -0.2) is 52.6 Å². The number of carbonyl (C=O) groups is 2. The van der Waals surface area contributed by atoms with Gasteiger partial charge >= 0.3 is 11.9 Å². The second-order valence-electron chi connectivity index (χ2n) is 14.9. The summed E-state index contributed by atoms with van der Waals surface area (Å²) in [7, 11) is 0. The van der Waals surface area contributed by atoms with E-state index in [-0.39, 0.29) is 5.02 Å². The summed E-state index contributed by atoms with van der Waals surface area (Å²) in [6, 6.07) is 27.2. The van der Waals surface area contributed by atoms with E-state index >= 15 is 0 Å². The van der Waals surface area contributed by atoms with Gasteiger partial charge in [0.15, 0.2) is 13.2 Å². The maximum Gasteiger partial charge on any atom is 0.351 e. The SMILES string of the molecule is O=C(COc1cccc2c1CCCC2N(c1ccc(-c2ccc(F)c(Cl)c2)nc1)S(=O)[O-])OC(=O)COc1cccc2c1CCCC2N(c1ccc(-c2ccccc2Cl)nc1)S(=O)[O-]. The van der Waals surface area contributed by atoms with E-state index in [1.807, 2.05) is 24.3 Å². The van der Waals surface area contributed by atoms with Crippen LogP contribution in [0.4, 0.5) is 15.8 Å². The molecule has 0 N–H and O–H groups in total. The molecule has 0 fully saturated rings. The Kier molecular flexibility index (Phi) is 14.0. The highest BCUT2D eigenvalue weighted by molar-refractivity contribution is 7.80. The van der Waals surface area contributed by atoms with Gasteiger partial charge in [-0.15, -0.1) is 0 Å². The van der Waals surface area contributed by atoms with E-state index in [9.17, 15) is 31.5 Å². The fourth-order valence-electron chi connectivity index (χ4n) is 8.22. The first-order chi connectivity index (χ1) is 31.0. The molecule has 2 heterocycles. The number of aromatic nitrogens is 2. The van der Waals surface area contributed by atoms with Crippen molar-refractivity contribution in [3.63, 3.8) is 0 Å². The number of rotatable bonds is 14. The van der Waals surface area contributed by atoms with E-state index in [1.165, 1.54) is 39.2 Å². The highest BCUT2D eigenvalue weighted by Gasteiger charge is 2.31. The molecule has 6 aromatic rings. The van der Waals surface area contributed by atoms with Crippen molar-refractivity contribution in [2.24, 2.45) is 0 Å². The number of benzene rings is 4. The van der Waals surface area contributed by atoms with Gasteiger partial charge in [-0.2, -0.15) is 0 Å². The molecule has 4 atom stereocenters. The quantitative estimate of drug-likeness (QED) is 0.0579. The Morgan fingerprint density at radius 3 is 1.69 bits per heavy atom. The number of nitrogens with zero attached hydrogens (tertiary/aromatic N) is 4. The Bertz CT molecular complexity index is 2750. The highest BCUT2D eigenvalue weighted by Crippen LogP contribution is 2.43. The van der Waals surface area contributed by atoms with E-state index in [0.717, 1.165) is 5.56 Å². The molecule has 0 amide bonds. The summed E-state index contributed by atoms with van der Waals surface area (Å²) in [4.78, 5) is 34.6. The lowest BCUT2D eigenvalue weighted by atomic mass is 9.87. The molecule has 18 heteroatoms. The molecule has 2 aliphatic carbocycles. The third-order valence-electron chi connectivity index (χ3n) is 11.0. The van der Waals surface area contributed by atoms with Gasteiger partial charge in [0.2, 0.25) is 0 Å². The van der Waals surface area contributed by atoms with Crippen LogP contribution in [0.25, 0.3) is 22.5 Å². The lowest BCUT2D eigenvalue weighted by Gasteiger charge is -2.38. The number of fused-ring (bicyclic) bond motifs is 2. The van der Waals surface area contributed by atoms with Crippen molar-refractivity contribution in [2.75, 3.05) is 21.8 Å². The standard InChI is InChI=1S/C46H39Cl2FN4O9S2/c47-36-12-2-1-7-35(36)40-22-19-30(25-51-40)53(64(58)59)42-14-4-11-34-32(42)9-6-16-44(34)61-27-46(55)62-45(54)26-60-43-15-5-8-31-33(43)10-3-13-41(31)52(63(56)57)29-18-21-39(50-24-29)28-17-20-38(49)37(48)23-28/h1-2,5-9,12,15-25,41-42H,3-4,10-11,13-14,26-27H2,(H,56,57)(H,58,59)/p-2. The second-order valence-corrected chi connectivity index (χ2v) is 17.4. The topological polar surface area (TPSA) is 174 Å². The third-order valence-corrected chi connectivity index (χ3v) is 13.2. The Hall–Kier alpha value is -5.75. The average Bonchev–Trinajstić information content (AvgIpc) is 3.29. The van der Waals surface area contributed by atoms with Gasteiger partial charge in [0, 0.05) is 38.7 Å². The molecule has 2 aliphatic rings. The van der Waals surface area contributed by atoms with Gasteiger partial charge in [0.05, 0.1) is 52.3 Å². The molecule has 64 heavy (non-hydrogen) atoms. The van der Waals surface area contributed by atoms with Crippen LogP contribution >= 0.6 is 23.2 Å². The molecule has 4 unspecified atom stereocenters. The van der Waals surface area contributed by atoms with Gasteiger partial charge in [-0.1, -0.05) is 65.7 Å². The van der Waals surface area contributed by atoms with E-state index in [1.54, 1.807) is 60.7 Å². The van der Waals surface area contributed by atoms with Gasteiger partial charge < -0.3 is 23.3 Å². The lowest BCUT2D eigenvalue weighted by Crippen LogP contribution is -2.33. The number of halogens is 3. The van der Waals surface area contributed by atoms with Crippen LogP contribution in [0.3, 0.4) is 0 Å². The first-order valence-corrected chi connectivity index (χ1v) is 22.9. The number of esters is 2. The summed E-state index contributed by atoms with van der Waals surface area (Å²) in [6.07, 6.45) is 6.28. The summed E-state index contributed by atoms with van der Waals surface area (Å²) in [5.41, 5.74) is 5.85. The van der Waals surface area contributed by atoms with Crippen molar-refractivity contribution < 1.29 is 45.7 Å². The van der Waals surface area contributed by atoms with Gasteiger partial charge in [-0.05, 0) is 121 Å². The zero-order valence-electron chi connectivity index (χ0n) is 33.7. The third kappa shape index (κ3) is 9.82. The zero-order chi connectivity index (χ0) is 44.9. The highest BCUT2D eigenvalue weighted by atomic mass is 35.5. The summed E-state index contributed by atoms with van der Waals surface area (Å²) < 4.78 is 83.8. The summed E-state index contributed by atoms with van der Waals surface area (Å²) in [5.74, 6) is -1.80. The molecular weight excluding hydrogens is 907 g/mol. The van der Waals surface area contributed by atoms with Crippen LogP contribution in [0.15, 0.2) is 116 Å². The van der Waals surface area contributed by atoms with Crippen molar-refractivity contribution in [1.82, 2.24) is 9.97 Å². The van der Waals surface area contributed by atoms with Gasteiger partial charge in [-0.3, -0.25) is 27.0 Å². The fourth-order valence-corrected chi connectivity index (χ4v) is 10.1. The van der Waals surface area contributed by atoms with Gasteiger partial charge in [0.1, 0.15) is 17.3 Å². The van der Waals surface area contributed by atoms with Crippen LogP contribution in [0.5, 0.6) is 11.5 Å². The second kappa shape index (κ2) is 20.0. The average molecular weight is 944 g/mol. The summed E-state index contributed by atoms with van der Waals surface area (Å²) >= 11 is 6.93. The molecular formula is C46H37Cl2FN4O9S2-2. The first kappa shape index (κ1) is 44.8. The molecule has 2 aromatic heterocycles. The Labute approximate surface area is 383 Å². The molecule has 0 bridgehead atoms. The maximum absolute atomic E-state index is 13.7. The molecule has 330 valence electrons. The van der Waals surface area contributed by atoms with E-state index in [2.05, 4.69) is 9.97 Å². The number of hydrogen-bond donors (Lipinski definition) is 0. The smallest absolute Gasteiger partial charge is 0.351 e. The minimum absolute atomic E-state index is 0.0620. The Morgan fingerprint density at radius 1 is 0.672 bits per heavy atom. The zero-order valence-corrected chi connectivity index (χ0v) is 36.8. The minimum Gasteiger partial charge on any atom is -0.755 e. The number of anilines is 2. The summed E-state index contributed by atoms with van der Waals surface area (Å²) in [6.45, 7) is -1.21. The molecule has 0 saturated heterocycles. The maximum atomic E-state index is 13.7. The largest absolute Gasteiger partial charge is 0.755 e. The van der Waals surface area contributed by atoms with Crippen LogP contribution < -0.4 is 18.1 Å². The van der Waals surface area contributed by atoms with E-state index < -0.39 is 65.6 Å². The van der Waals surface area contributed by atoms with Crippen molar-refractivity contribution in [3.05, 3.63) is 154 Å². The predicted molar refractivity (Wildman–Crippen MR) is 238 cm³/mol. The minimum atomic E-state index is -2.70. The van der Waals surface area contributed by atoms with E-state index in [4.69, 9.17) is 37.4 Å². The van der Waals surface area contributed by atoms with E-state index in [0.29, 0.717) is 106 Å². The van der Waals surface area contributed by atoms with Crippen LogP contribution in [0.2, 0.25) is 10.0 Å². The molecule has 8 rings (SSSR count).